The first-order valence-corrected chi connectivity index (χ1v) is 6.14. The maximum absolute atomic E-state index is 13.2. The highest BCUT2D eigenvalue weighted by atomic mass is 19.1. The second kappa shape index (κ2) is 6.55. The number of carbonyl (C=O) groups excluding carboxylic acids is 1. The van der Waals surface area contributed by atoms with E-state index in [0.717, 1.165) is 12.1 Å². The monoisotopic (exact) mass is 293 g/mol. The summed E-state index contributed by atoms with van der Waals surface area (Å²) in [5, 5.41) is 19.6. The molecule has 0 spiro atoms. The van der Waals surface area contributed by atoms with Gasteiger partial charge in [-0.05, 0) is 18.6 Å². The summed E-state index contributed by atoms with van der Waals surface area (Å²) in [7, 11) is 0. The second-order valence-electron chi connectivity index (χ2n) is 4.21. The van der Waals surface area contributed by atoms with Gasteiger partial charge in [-0.2, -0.15) is 9.49 Å². The predicted molar refractivity (Wildman–Crippen MR) is 70.1 cm³/mol. The Bertz CT molecular complexity index is 644. The molecule has 1 amide bonds. The largest absolute Gasteiger partial charge is 0.352 e. The molecular formula is C12H12FN5O3. The number of aromatic nitrogens is 3. The molecule has 21 heavy (non-hydrogen) atoms. The number of hydrogen-bond acceptors (Lipinski definition) is 5. The standard InChI is InChI=1S/C12H12FN5O3/c13-9-4-3-8(6-10(9)18(20)21)12(19)14-5-1-2-11-15-7-16-17-11/h3-4,6-7H,1-2,5H2,(H,14,19)(H,15,16,17). The van der Waals surface area contributed by atoms with Gasteiger partial charge in [0, 0.05) is 24.6 Å². The maximum atomic E-state index is 13.2. The molecule has 0 saturated carbocycles. The van der Waals surface area contributed by atoms with Crippen molar-refractivity contribution < 1.29 is 14.1 Å². The average Bonchev–Trinajstić information content (AvgIpc) is 2.96. The lowest BCUT2D eigenvalue weighted by atomic mass is 10.2. The van der Waals surface area contributed by atoms with Crippen LogP contribution in [0.4, 0.5) is 10.1 Å². The Morgan fingerprint density at radius 2 is 2.29 bits per heavy atom. The van der Waals surface area contributed by atoms with Crippen molar-refractivity contribution in [2.75, 3.05) is 6.54 Å². The molecular weight excluding hydrogens is 281 g/mol. The first-order valence-electron chi connectivity index (χ1n) is 6.14. The molecule has 2 N–H and O–H groups in total. The van der Waals surface area contributed by atoms with Crippen molar-refractivity contribution in [3.63, 3.8) is 0 Å². The van der Waals surface area contributed by atoms with Gasteiger partial charge in [0.15, 0.2) is 0 Å². The van der Waals surface area contributed by atoms with Crippen LogP contribution in [0.2, 0.25) is 0 Å². The molecule has 0 aliphatic heterocycles. The van der Waals surface area contributed by atoms with Gasteiger partial charge in [-0.1, -0.05) is 0 Å². The highest BCUT2D eigenvalue weighted by Crippen LogP contribution is 2.18. The lowest BCUT2D eigenvalue weighted by molar-refractivity contribution is -0.387. The van der Waals surface area contributed by atoms with Crippen LogP contribution < -0.4 is 5.32 Å². The fourth-order valence-corrected chi connectivity index (χ4v) is 1.70. The Morgan fingerprint density at radius 3 is 2.95 bits per heavy atom. The van der Waals surface area contributed by atoms with Gasteiger partial charge < -0.3 is 5.32 Å². The van der Waals surface area contributed by atoms with Crippen molar-refractivity contribution in [1.82, 2.24) is 20.5 Å². The van der Waals surface area contributed by atoms with Gasteiger partial charge in [0.2, 0.25) is 5.82 Å². The molecule has 9 heteroatoms. The number of hydrogen-bond donors (Lipinski definition) is 2. The van der Waals surface area contributed by atoms with Crippen molar-refractivity contribution in [1.29, 1.82) is 0 Å². The van der Waals surface area contributed by atoms with E-state index in [2.05, 4.69) is 20.5 Å². The van der Waals surface area contributed by atoms with Gasteiger partial charge in [-0.3, -0.25) is 20.0 Å². The normalized spacial score (nSPS) is 10.3. The number of benzene rings is 1. The van der Waals surface area contributed by atoms with Gasteiger partial charge in [0.25, 0.3) is 5.91 Å². The zero-order chi connectivity index (χ0) is 15.2. The van der Waals surface area contributed by atoms with Gasteiger partial charge in [0.05, 0.1) is 4.92 Å². The Hall–Kier alpha value is -2.84. The first-order chi connectivity index (χ1) is 10.1. The minimum atomic E-state index is -0.970. The third-order valence-electron chi connectivity index (χ3n) is 2.75. The zero-order valence-electron chi connectivity index (χ0n) is 10.9. The molecule has 0 radical (unpaired) electrons. The third-order valence-corrected chi connectivity index (χ3v) is 2.75. The van der Waals surface area contributed by atoms with Crippen LogP contribution in [0.5, 0.6) is 0 Å². The van der Waals surface area contributed by atoms with Crippen LogP contribution >= 0.6 is 0 Å². The summed E-state index contributed by atoms with van der Waals surface area (Å²) in [4.78, 5) is 25.5. The summed E-state index contributed by atoms with van der Waals surface area (Å²) in [6, 6.07) is 3.02. The zero-order valence-corrected chi connectivity index (χ0v) is 10.9. The Kier molecular flexibility index (Phi) is 4.54. The van der Waals surface area contributed by atoms with Crippen LogP contribution in [0.1, 0.15) is 22.6 Å². The molecule has 0 saturated heterocycles. The summed E-state index contributed by atoms with van der Waals surface area (Å²) >= 11 is 0. The molecule has 8 nitrogen and oxygen atoms in total. The average molecular weight is 293 g/mol. The Labute approximate surface area is 118 Å². The number of nitrogens with zero attached hydrogens (tertiary/aromatic N) is 3. The molecule has 0 unspecified atom stereocenters. The van der Waals surface area contributed by atoms with Gasteiger partial charge >= 0.3 is 5.69 Å². The topological polar surface area (TPSA) is 114 Å². The molecule has 0 bridgehead atoms. The number of amides is 1. The van der Waals surface area contributed by atoms with Crippen LogP contribution in [-0.4, -0.2) is 32.6 Å². The van der Waals surface area contributed by atoms with E-state index < -0.39 is 22.3 Å². The van der Waals surface area contributed by atoms with Crippen LogP contribution in [-0.2, 0) is 6.42 Å². The molecule has 110 valence electrons. The van der Waals surface area contributed by atoms with Crippen LogP contribution in [0.15, 0.2) is 24.5 Å². The number of nitrogens with one attached hydrogen (secondary N) is 2. The molecule has 2 rings (SSSR count). The van der Waals surface area contributed by atoms with Crippen molar-refractivity contribution >= 4 is 11.6 Å². The van der Waals surface area contributed by atoms with E-state index in [4.69, 9.17) is 0 Å². The number of rotatable bonds is 6. The molecule has 1 aromatic carbocycles. The van der Waals surface area contributed by atoms with Gasteiger partial charge in [0.1, 0.15) is 12.2 Å². The SMILES string of the molecule is O=C(NCCCc1ncn[nH]1)c1ccc(F)c([N+](=O)[O-])c1. The number of H-pyrrole nitrogens is 1. The molecule has 0 aliphatic rings. The summed E-state index contributed by atoms with van der Waals surface area (Å²) in [5.41, 5.74) is -0.674. The highest BCUT2D eigenvalue weighted by Gasteiger charge is 2.17. The number of nitro benzene ring substituents is 1. The van der Waals surface area contributed by atoms with Gasteiger partial charge in [-0.25, -0.2) is 4.98 Å². The van der Waals surface area contributed by atoms with E-state index in [1.54, 1.807) is 0 Å². The molecule has 1 aromatic heterocycles. The summed E-state index contributed by atoms with van der Waals surface area (Å²) in [5.74, 6) is -0.751. The number of carbonyl (C=O) groups is 1. The first kappa shape index (κ1) is 14.6. The number of aryl methyl sites for hydroxylation is 1. The molecule has 0 atom stereocenters. The number of nitro groups is 1. The minimum absolute atomic E-state index is 0.0442. The van der Waals surface area contributed by atoms with Gasteiger partial charge in [-0.15, -0.1) is 0 Å². The highest BCUT2D eigenvalue weighted by molar-refractivity contribution is 5.94. The fourth-order valence-electron chi connectivity index (χ4n) is 1.70. The Morgan fingerprint density at radius 1 is 1.48 bits per heavy atom. The van der Waals surface area contributed by atoms with Crippen molar-refractivity contribution in [3.05, 3.63) is 51.8 Å². The fraction of sp³-hybridized carbons (Fsp3) is 0.250. The Balaban J connectivity index is 1.88. The summed E-state index contributed by atoms with van der Waals surface area (Å²) in [6.07, 6.45) is 2.64. The minimum Gasteiger partial charge on any atom is -0.352 e. The molecule has 0 aliphatic carbocycles. The maximum Gasteiger partial charge on any atom is 0.305 e. The van der Waals surface area contributed by atoms with Crippen LogP contribution in [0.25, 0.3) is 0 Å². The van der Waals surface area contributed by atoms with Crippen molar-refractivity contribution in [2.24, 2.45) is 0 Å². The van der Waals surface area contributed by atoms with E-state index in [0.29, 0.717) is 25.2 Å². The van der Waals surface area contributed by atoms with E-state index in [1.807, 2.05) is 0 Å². The summed E-state index contributed by atoms with van der Waals surface area (Å²) in [6.45, 7) is 0.366. The van der Waals surface area contributed by atoms with E-state index in [9.17, 15) is 19.3 Å². The number of aromatic amines is 1. The smallest absolute Gasteiger partial charge is 0.305 e. The predicted octanol–water partition coefficient (Wildman–Crippen LogP) is 1.21. The lowest BCUT2D eigenvalue weighted by Gasteiger charge is -2.04. The lowest BCUT2D eigenvalue weighted by Crippen LogP contribution is -2.25. The quantitative estimate of drug-likeness (QED) is 0.472. The van der Waals surface area contributed by atoms with E-state index in [1.165, 1.54) is 12.4 Å². The molecule has 2 aromatic rings. The molecule has 1 heterocycles. The molecule has 0 fully saturated rings. The van der Waals surface area contributed by atoms with E-state index >= 15 is 0 Å². The number of halogens is 1. The van der Waals surface area contributed by atoms with Crippen LogP contribution in [0, 0.1) is 15.9 Å². The van der Waals surface area contributed by atoms with Crippen LogP contribution in [0.3, 0.4) is 0 Å². The van der Waals surface area contributed by atoms with Crippen molar-refractivity contribution in [2.45, 2.75) is 12.8 Å². The third kappa shape index (κ3) is 3.81. The second-order valence-corrected chi connectivity index (χ2v) is 4.21. The van der Waals surface area contributed by atoms with E-state index in [-0.39, 0.29) is 5.56 Å². The summed E-state index contributed by atoms with van der Waals surface area (Å²) < 4.78 is 13.2. The van der Waals surface area contributed by atoms with Crippen molar-refractivity contribution in [3.8, 4) is 0 Å².